The molecule has 4 aromatic rings. The van der Waals surface area contributed by atoms with Crippen molar-refractivity contribution in [2.45, 2.75) is 20.0 Å². The van der Waals surface area contributed by atoms with Crippen LogP contribution >= 0.6 is 11.6 Å². The lowest BCUT2D eigenvalue weighted by atomic mass is 10.1. The number of carbonyl (C=O) groups excluding carboxylic acids is 1. The maximum absolute atomic E-state index is 11.5. The average Bonchev–Trinajstić information content (AvgIpc) is 3.17. The number of ether oxygens (including phenoxy) is 2. The van der Waals surface area contributed by atoms with E-state index in [2.05, 4.69) is 14.7 Å². The van der Waals surface area contributed by atoms with E-state index < -0.39 is 5.97 Å². The van der Waals surface area contributed by atoms with E-state index in [1.165, 1.54) is 13.3 Å². The highest BCUT2D eigenvalue weighted by Crippen LogP contribution is 2.27. The lowest BCUT2D eigenvalue weighted by molar-refractivity contribution is 0.0600. The van der Waals surface area contributed by atoms with Crippen molar-refractivity contribution in [1.29, 1.82) is 0 Å². The molecule has 2 heterocycles. The van der Waals surface area contributed by atoms with Gasteiger partial charge in [-0.15, -0.1) is 0 Å². The molecule has 0 saturated heterocycles. The number of nitrogens with zero attached hydrogens (tertiary/aromatic N) is 2. The van der Waals surface area contributed by atoms with Crippen molar-refractivity contribution in [3.05, 3.63) is 100 Å². The molecular weight excluding hydrogens is 428 g/mol. The fraction of sp³-hybridized carbons (Fsp3) is 0.160. The van der Waals surface area contributed by atoms with E-state index in [1.54, 1.807) is 12.1 Å². The number of oxazole rings is 1. The fourth-order valence-electron chi connectivity index (χ4n) is 3.23. The zero-order valence-electron chi connectivity index (χ0n) is 17.7. The number of aryl methyl sites for hydroxylation is 1. The minimum absolute atomic E-state index is 0.285. The van der Waals surface area contributed by atoms with E-state index in [4.69, 9.17) is 20.8 Å². The van der Waals surface area contributed by atoms with E-state index in [-0.39, 0.29) is 6.61 Å². The number of rotatable bonds is 7. The summed E-state index contributed by atoms with van der Waals surface area (Å²) in [4.78, 5) is 20.4. The van der Waals surface area contributed by atoms with Crippen LogP contribution in [0.1, 0.15) is 33.3 Å². The van der Waals surface area contributed by atoms with E-state index >= 15 is 0 Å². The van der Waals surface area contributed by atoms with Gasteiger partial charge in [0.25, 0.3) is 0 Å². The molecule has 0 N–H and O–H groups in total. The van der Waals surface area contributed by atoms with Crippen LogP contribution in [0.2, 0.25) is 5.02 Å². The number of hydrogen-bond acceptors (Lipinski definition) is 6. The minimum Gasteiger partial charge on any atom is -0.487 e. The van der Waals surface area contributed by atoms with Crippen molar-refractivity contribution in [2.24, 2.45) is 0 Å². The van der Waals surface area contributed by atoms with Crippen molar-refractivity contribution in [3.8, 4) is 17.0 Å². The number of halogens is 1. The first kappa shape index (κ1) is 21.6. The summed E-state index contributed by atoms with van der Waals surface area (Å²) in [5.41, 5.74) is 3.89. The second-order valence-electron chi connectivity index (χ2n) is 7.16. The molecule has 0 fully saturated rings. The van der Waals surface area contributed by atoms with E-state index in [0.29, 0.717) is 34.3 Å². The Balaban J connectivity index is 1.40. The Bertz CT molecular complexity index is 1220. The first-order valence-electron chi connectivity index (χ1n) is 9.99. The second kappa shape index (κ2) is 9.66. The number of carbonyl (C=O) groups is 1. The summed E-state index contributed by atoms with van der Waals surface area (Å²) in [6.45, 7) is 2.19. The fourth-order valence-corrected chi connectivity index (χ4v) is 3.44. The molecule has 2 aromatic carbocycles. The van der Waals surface area contributed by atoms with Gasteiger partial charge >= 0.3 is 5.97 Å². The van der Waals surface area contributed by atoms with Gasteiger partial charge in [-0.25, -0.2) is 9.78 Å². The predicted molar refractivity (Wildman–Crippen MR) is 121 cm³/mol. The van der Waals surface area contributed by atoms with E-state index in [9.17, 15) is 4.79 Å². The minimum atomic E-state index is -0.417. The molecule has 0 aliphatic carbocycles. The Morgan fingerprint density at radius 1 is 1.09 bits per heavy atom. The molecular formula is C25H21ClN2O4. The molecule has 0 atom stereocenters. The second-order valence-corrected chi connectivity index (χ2v) is 7.60. The third kappa shape index (κ3) is 5.15. The van der Waals surface area contributed by atoms with Crippen LogP contribution < -0.4 is 4.74 Å². The zero-order valence-corrected chi connectivity index (χ0v) is 18.4. The van der Waals surface area contributed by atoms with Crippen LogP contribution in [0.3, 0.4) is 0 Å². The highest BCUT2D eigenvalue weighted by atomic mass is 35.5. The predicted octanol–water partition coefficient (Wildman–Crippen LogP) is 5.65. The Morgan fingerprint density at radius 2 is 1.91 bits per heavy atom. The van der Waals surface area contributed by atoms with Crippen molar-refractivity contribution in [1.82, 2.24) is 9.97 Å². The molecule has 0 radical (unpaired) electrons. The largest absolute Gasteiger partial charge is 0.487 e. The molecule has 0 spiro atoms. The van der Waals surface area contributed by atoms with Gasteiger partial charge in [0.05, 0.1) is 18.4 Å². The molecule has 0 bridgehead atoms. The maximum Gasteiger partial charge on any atom is 0.339 e. The third-order valence-electron chi connectivity index (χ3n) is 4.85. The van der Waals surface area contributed by atoms with Crippen molar-refractivity contribution in [3.63, 3.8) is 0 Å². The van der Waals surface area contributed by atoms with Crippen LogP contribution in [-0.4, -0.2) is 23.0 Å². The van der Waals surface area contributed by atoms with Crippen molar-refractivity contribution in [2.75, 3.05) is 7.11 Å². The molecule has 0 unspecified atom stereocenters. The maximum atomic E-state index is 11.5. The van der Waals surface area contributed by atoms with Crippen LogP contribution in [0.25, 0.3) is 11.3 Å². The molecule has 0 aliphatic rings. The smallest absolute Gasteiger partial charge is 0.339 e. The highest BCUT2D eigenvalue weighted by Gasteiger charge is 2.13. The molecule has 0 amide bonds. The van der Waals surface area contributed by atoms with Crippen LogP contribution in [-0.2, 0) is 17.8 Å². The SMILES string of the molecule is COC(=O)c1ccc(COc2ccc(-c3nc(Cc4cccc(Cl)c4)oc3C)cc2)nc1. The Morgan fingerprint density at radius 3 is 2.59 bits per heavy atom. The molecule has 4 rings (SSSR count). The molecule has 6 nitrogen and oxygen atoms in total. The summed E-state index contributed by atoms with van der Waals surface area (Å²) in [5, 5.41) is 0.691. The first-order valence-corrected chi connectivity index (χ1v) is 10.4. The lowest BCUT2D eigenvalue weighted by Crippen LogP contribution is -2.04. The first-order chi connectivity index (χ1) is 15.5. The van der Waals surface area contributed by atoms with Crippen molar-refractivity contribution >= 4 is 17.6 Å². The normalized spacial score (nSPS) is 10.7. The number of hydrogen-bond donors (Lipinski definition) is 0. The zero-order chi connectivity index (χ0) is 22.5. The molecule has 162 valence electrons. The third-order valence-corrected chi connectivity index (χ3v) is 5.08. The summed E-state index contributed by atoms with van der Waals surface area (Å²) in [7, 11) is 1.34. The number of esters is 1. The molecule has 32 heavy (non-hydrogen) atoms. The Kier molecular flexibility index (Phi) is 6.52. The van der Waals surface area contributed by atoms with Gasteiger partial charge in [-0.3, -0.25) is 4.98 Å². The topological polar surface area (TPSA) is 74.5 Å². The van der Waals surface area contributed by atoms with Gasteiger partial charge in [0, 0.05) is 23.2 Å². The number of benzene rings is 2. The van der Waals surface area contributed by atoms with Crippen LogP contribution in [0.15, 0.2) is 71.3 Å². The van der Waals surface area contributed by atoms with Crippen LogP contribution in [0.5, 0.6) is 5.75 Å². The Labute approximate surface area is 190 Å². The summed E-state index contributed by atoms with van der Waals surface area (Å²) in [6, 6.07) is 18.7. The summed E-state index contributed by atoms with van der Waals surface area (Å²) in [5.74, 6) is 1.68. The van der Waals surface area contributed by atoms with Gasteiger partial charge in [0.15, 0.2) is 5.89 Å². The number of methoxy groups -OCH3 is 1. The quantitative estimate of drug-likeness (QED) is 0.340. The van der Waals surface area contributed by atoms with E-state index in [0.717, 1.165) is 22.6 Å². The van der Waals surface area contributed by atoms with Gasteiger partial charge in [-0.1, -0.05) is 23.7 Å². The van der Waals surface area contributed by atoms with Gasteiger partial charge in [0.2, 0.25) is 0 Å². The summed E-state index contributed by atoms with van der Waals surface area (Å²) in [6.07, 6.45) is 2.05. The van der Waals surface area contributed by atoms with Gasteiger partial charge < -0.3 is 13.9 Å². The van der Waals surface area contributed by atoms with Crippen LogP contribution in [0, 0.1) is 6.92 Å². The highest BCUT2D eigenvalue weighted by molar-refractivity contribution is 6.30. The van der Waals surface area contributed by atoms with E-state index in [1.807, 2.05) is 55.5 Å². The molecule has 7 heteroatoms. The monoisotopic (exact) mass is 448 g/mol. The van der Waals surface area contributed by atoms with Gasteiger partial charge in [-0.05, 0) is 61.0 Å². The molecule has 2 aromatic heterocycles. The summed E-state index contributed by atoms with van der Waals surface area (Å²) >= 11 is 6.06. The van der Waals surface area contributed by atoms with Crippen LogP contribution in [0.4, 0.5) is 0 Å². The lowest BCUT2D eigenvalue weighted by Gasteiger charge is -2.07. The summed E-state index contributed by atoms with van der Waals surface area (Å²) < 4.78 is 16.3. The van der Waals surface area contributed by atoms with Crippen molar-refractivity contribution < 1.29 is 18.7 Å². The molecule has 0 saturated carbocycles. The van der Waals surface area contributed by atoms with Gasteiger partial charge in [-0.2, -0.15) is 0 Å². The average molecular weight is 449 g/mol. The number of pyridine rings is 1. The van der Waals surface area contributed by atoms with Gasteiger partial charge in [0.1, 0.15) is 23.8 Å². The Hall–Kier alpha value is -3.64. The number of aromatic nitrogens is 2. The molecule has 0 aliphatic heterocycles. The standard InChI is InChI=1S/C25H21ClN2O4/c1-16-24(28-23(32-16)13-17-4-3-5-20(26)12-17)18-7-10-22(11-8-18)31-15-21-9-6-19(14-27-21)25(29)30-2/h3-12,14H,13,15H2,1-2H3.